The molecule has 0 fully saturated rings. The molecule has 0 spiro atoms. The first-order chi connectivity index (χ1) is 13.7. The molecule has 0 aliphatic rings. The quantitative estimate of drug-likeness (QED) is 0.698. The monoisotopic (exact) mass is 406 g/mol. The summed E-state index contributed by atoms with van der Waals surface area (Å²) >= 11 is 0. The molecule has 6 nitrogen and oxygen atoms in total. The number of halogens is 3. The highest BCUT2D eigenvalue weighted by Gasteiger charge is 2.28. The van der Waals surface area contributed by atoms with Crippen molar-refractivity contribution in [2.24, 2.45) is 0 Å². The van der Waals surface area contributed by atoms with Crippen molar-refractivity contribution in [2.75, 3.05) is 26.1 Å². The highest BCUT2D eigenvalue weighted by molar-refractivity contribution is 6.02. The number of nitriles is 1. The Hall–Kier alpha value is -3.67. The molecule has 2 aromatic carbocycles. The highest BCUT2D eigenvalue weighted by atomic mass is 19.4. The second-order valence-electron chi connectivity index (χ2n) is 5.70. The average Bonchev–Trinajstić information content (AvgIpc) is 2.70. The van der Waals surface area contributed by atoms with Crippen LogP contribution in [0.25, 0.3) is 6.08 Å². The van der Waals surface area contributed by atoms with Crippen molar-refractivity contribution in [1.82, 2.24) is 0 Å². The molecule has 1 amide bonds. The van der Waals surface area contributed by atoms with Crippen molar-refractivity contribution in [3.63, 3.8) is 0 Å². The smallest absolute Gasteiger partial charge is 0.422 e. The van der Waals surface area contributed by atoms with Gasteiger partial charge in [-0.25, -0.2) is 0 Å². The number of hydrogen-bond acceptors (Lipinski definition) is 5. The lowest BCUT2D eigenvalue weighted by Crippen LogP contribution is -2.19. The summed E-state index contributed by atoms with van der Waals surface area (Å²) < 4.78 is 51.7. The zero-order valence-electron chi connectivity index (χ0n) is 15.5. The topological polar surface area (TPSA) is 80.6 Å². The molecular formula is C20H17F3N2O4. The largest absolute Gasteiger partial charge is 0.497 e. The maximum Gasteiger partial charge on any atom is 0.422 e. The Morgan fingerprint density at radius 2 is 1.79 bits per heavy atom. The summed E-state index contributed by atoms with van der Waals surface area (Å²) in [4.78, 5) is 12.1. The van der Waals surface area contributed by atoms with Gasteiger partial charge in [-0.05, 0) is 42.0 Å². The molecule has 0 aliphatic heterocycles. The minimum Gasteiger partial charge on any atom is -0.497 e. The van der Waals surface area contributed by atoms with Gasteiger partial charge in [-0.15, -0.1) is 0 Å². The van der Waals surface area contributed by atoms with Gasteiger partial charge in [0.1, 0.15) is 23.3 Å². The molecule has 0 bridgehead atoms. The number of amides is 1. The Labute approximate surface area is 165 Å². The van der Waals surface area contributed by atoms with Crippen LogP contribution in [0.2, 0.25) is 0 Å². The van der Waals surface area contributed by atoms with Gasteiger partial charge < -0.3 is 19.5 Å². The van der Waals surface area contributed by atoms with Gasteiger partial charge >= 0.3 is 6.18 Å². The second-order valence-corrected chi connectivity index (χ2v) is 5.70. The van der Waals surface area contributed by atoms with Crippen LogP contribution in [0.3, 0.4) is 0 Å². The number of methoxy groups -OCH3 is 2. The first-order valence-corrected chi connectivity index (χ1v) is 8.20. The number of benzene rings is 2. The number of alkyl halides is 3. The van der Waals surface area contributed by atoms with E-state index < -0.39 is 18.7 Å². The van der Waals surface area contributed by atoms with Crippen molar-refractivity contribution in [3.8, 4) is 23.3 Å². The molecule has 1 N–H and O–H groups in total. The Morgan fingerprint density at radius 3 is 2.34 bits per heavy atom. The third-order valence-electron chi connectivity index (χ3n) is 3.56. The first-order valence-electron chi connectivity index (χ1n) is 8.20. The van der Waals surface area contributed by atoms with E-state index in [-0.39, 0.29) is 17.0 Å². The number of anilines is 1. The third-order valence-corrected chi connectivity index (χ3v) is 3.56. The lowest BCUT2D eigenvalue weighted by molar-refractivity contribution is -0.153. The summed E-state index contributed by atoms with van der Waals surface area (Å²) in [6, 6.07) is 10.6. The van der Waals surface area contributed by atoms with Crippen LogP contribution < -0.4 is 19.5 Å². The molecule has 0 aromatic heterocycles. The number of nitrogens with one attached hydrogen (secondary N) is 1. The summed E-state index contributed by atoms with van der Waals surface area (Å²) in [7, 11) is 3.01. The summed E-state index contributed by atoms with van der Waals surface area (Å²) in [6.07, 6.45) is -1.73. The molecule has 2 aromatic rings. The van der Waals surface area contributed by atoms with Gasteiger partial charge in [0.15, 0.2) is 6.61 Å². The molecule has 0 heterocycles. The maximum atomic E-state index is 12.3. The molecule has 0 saturated carbocycles. The molecule has 152 valence electrons. The van der Waals surface area contributed by atoms with Crippen molar-refractivity contribution in [1.29, 1.82) is 5.26 Å². The fraction of sp³-hybridized carbons (Fsp3) is 0.200. The van der Waals surface area contributed by atoms with E-state index in [2.05, 4.69) is 10.1 Å². The van der Waals surface area contributed by atoms with Gasteiger partial charge in [-0.3, -0.25) is 4.79 Å². The second kappa shape index (κ2) is 9.50. The standard InChI is InChI=1S/C20H17F3N2O4/c1-27-16-7-13(8-17(10-16)28-2)3-6-19(26)25-15-4-5-18(14(9-15)11-24)29-12-20(21,22)23/h3-10H,12H2,1-2H3,(H,25,26)/b6-3+. The number of hydrogen-bond donors (Lipinski definition) is 1. The van der Waals surface area contributed by atoms with E-state index in [1.807, 2.05) is 0 Å². The fourth-order valence-corrected chi connectivity index (χ4v) is 2.26. The average molecular weight is 406 g/mol. The van der Waals surface area contributed by atoms with Crippen LogP contribution in [0.15, 0.2) is 42.5 Å². The number of ether oxygens (including phenoxy) is 3. The summed E-state index contributed by atoms with van der Waals surface area (Å²) in [5.74, 6) is 0.386. The molecule has 9 heteroatoms. The van der Waals surface area contributed by atoms with E-state index in [0.717, 1.165) is 0 Å². The Bertz CT molecular complexity index is 927. The van der Waals surface area contributed by atoms with Crippen molar-refractivity contribution in [2.45, 2.75) is 6.18 Å². The number of nitrogens with zero attached hydrogens (tertiary/aromatic N) is 1. The predicted molar refractivity (Wildman–Crippen MR) is 99.9 cm³/mol. The van der Waals surface area contributed by atoms with Gasteiger partial charge in [-0.1, -0.05) is 0 Å². The fourth-order valence-electron chi connectivity index (χ4n) is 2.26. The molecule has 0 radical (unpaired) electrons. The zero-order chi connectivity index (χ0) is 21.4. The Kier molecular flexibility index (Phi) is 7.09. The van der Waals surface area contributed by atoms with E-state index in [4.69, 9.17) is 14.7 Å². The van der Waals surface area contributed by atoms with Crippen LogP contribution in [0.1, 0.15) is 11.1 Å². The maximum absolute atomic E-state index is 12.3. The lowest BCUT2D eigenvalue weighted by Gasteiger charge is -2.11. The van der Waals surface area contributed by atoms with Crippen molar-refractivity contribution >= 4 is 17.7 Å². The first kappa shape index (κ1) is 21.6. The molecular weight excluding hydrogens is 389 g/mol. The molecule has 0 unspecified atom stereocenters. The number of carbonyl (C=O) groups excluding carboxylic acids is 1. The Balaban J connectivity index is 2.09. The highest BCUT2D eigenvalue weighted by Crippen LogP contribution is 2.25. The van der Waals surface area contributed by atoms with E-state index in [1.54, 1.807) is 24.3 Å². The van der Waals surface area contributed by atoms with Gasteiger partial charge in [0.2, 0.25) is 5.91 Å². The number of rotatable bonds is 7. The van der Waals surface area contributed by atoms with E-state index in [1.165, 1.54) is 44.6 Å². The van der Waals surface area contributed by atoms with Crippen LogP contribution in [0.5, 0.6) is 17.2 Å². The van der Waals surface area contributed by atoms with Gasteiger partial charge in [0.25, 0.3) is 0 Å². The van der Waals surface area contributed by atoms with E-state index in [9.17, 15) is 18.0 Å². The minimum absolute atomic E-state index is 0.131. The van der Waals surface area contributed by atoms with Gasteiger partial charge in [-0.2, -0.15) is 18.4 Å². The van der Waals surface area contributed by atoms with Crippen LogP contribution >= 0.6 is 0 Å². The predicted octanol–water partition coefficient (Wildman–Crippen LogP) is 4.17. The van der Waals surface area contributed by atoms with Crippen LogP contribution in [-0.4, -0.2) is 32.9 Å². The molecule has 0 saturated heterocycles. The van der Waals surface area contributed by atoms with Crippen LogP contribution in [-0.2, 0) is 4.79 Å². The normalized spacial score (nSPS) is 11.0. The van der Waals surface area contributed by atoms with E-state index in [0.29, 0.717) is 17.1 Å². The van der Waals surface area contributed by atoms with Crippen LogP contribution in [0, 0.1) is 11.3 Å². The number of carbonyl (C=O) groups is 1. The summed E-state index contributed by atoms with van der Waals surface area (Å²) in [5, 5.41) is 11.6. The van der Waals surface area contributed by atoms with Crippen LogP contribution in [0.4, 0.5) is 18.9 Å². The lowest BCUT2D eigenvalue weighted by atomic mass is 10.1. The molecule has 0 atom stereocenters. The van der Waals surface area contributed by atoms with Gasteiger partial charge in [0, 0.05) is 17.8 Å². The molecule has 2 rings (SSSR count). The third kappa shape index (κ3) is 6.77. The van der Waals surface area contributed by atoms with Gasteiger partial charge in [0.05, 0.1) is 19.8 Å². The SMILES string of the molecule is COc1cc(/C=C/C(=O)Nc2ccc(OCC(F)(F)F)c(C#N)c2)cc(OC)c1. The zero-order valence-corrected chi connectivity index (χ0v) is 15.5. The summed E-state index contributed by atoms with van der Waals surface area (Å²) in [5.41, 5.74) is 0.761. The minimum atomic E-state index is -4.52. The van der Waals surface area contributed by atoms with E-state index >= 15 is 0 Å². The molecule has 0 aliphatic carbocycles. The summed E-state index contributed by atoms with van der Waals surface area (Å²) in [6.45, 7) is -1.51. The van der Waals surface area contributed by atoms with Crippen molar-refractivity contribution in [3.05, 3.63) is 53.6 Å². The molecule has 29 heavy (non-hydrogen) atoms. The Morgan fingerprint density at radius 1 is 1.14 bits per heavy atom. The van der Waals surface area contributed by atoms with Crippen molar-refractivity contribution < 1.29 is 32.2 Å².